The number of hydrogen-bond acceptors (Lipinski definition) is 7. The van der Waals surface area contributed by atoms with Gasteiger partial charge < -0.3 is 26.6 Å². The van der Waals surface area contributed by atoms with Crippen molar-refractivity contribution in [2.45, 2.75) is 133 Å². The molecule has 0 bridgehead atoms. The molecule has 0 amide bonds. The molecule has 182 valence electrons. The third-order valence-electron chi connectivity index (χ3n) is 3.42. The minimum Gasteiger partial charge on any atom is -0.359 e. The molecular formula is C21H49NO6Si2. The molecule has 0 unspecified atom stereocenters. The van der Waals surface area contributed by atoms with Crippen molar-refractivity contribution in [3.8, 4) is 0 Å². The molecular weight excluding hydrogens is 418 g/mol. The standard InChI is InChI=1S/C21H49NO6Si2/c1-14-15-22(29(23-16(2)3,24-17(4)5)25-18(6)7)30(26-19(8)9,27-20(10)11)28-21(12)13/h16-21H,14-15H2,1-13H3. The molecule has 0 N–H and O–H groups in total. The lowest BCUT2D eigenvalue weighted by atomic mass is 10.5. The molecule has 0 saturated heterocycles. The van der Waals surface area contributed by atoms with Crippen molar-refractivity contribution in [3.05, 3.63) is 0 Å². The van der Waals surface area contributed by atoms with E-state index < -0.39 is 17.9 Å². The van der Waals surface area contributed by atoms with Crippen LogP contribution in [0.5, 0.6) is 0 Å². The van der Waals surface area contributed by atoms with Crippen molar-refractivity contribution in [1.82, 2.24) is 4.23 Å². The van der Waals surface area contributed by atoms with E-state index in [1.165, 1.54) is 0 Å². The minimum atomic E-state index is -3.45. The van der Waals surface area contributed by atoms with Crippen LogP contribution in [0.15, 0.2) is 0 Å². The van der Waals surface area contributed by atoms with Gasteiger partial charge in [-0.2, -0.15) is 0 Å². The van der Waals surface area contributed by atoms with Gasteiger partial charge in [0.1, 0.15) is 0 Å². The largest absolute Gasteiger partial charge is 0.598 e. The summed E-state index contributed by atoms with van der Waals surface area (Å²) in [6.45, 7) is 26.7. The molecule has 0 aliphatic rings. The molecule has 0 aromatic heterocycles. The van der Waals surface area contributed by atoms with Gasteiger partial charge in [-0.3, -0.25) is 0 Å². The van der Waals surface area contributed by atoms with Gasteiger partial charge in [-0.15, -0.1) is 0 Å². The Kier molecular flexibility index (Phi) is 13.7. The molecule has 0 aliphatic heterocycles. The van der Waals surface area contributed by atoms with E-state index in [0.29, 0.717) is 6.54 Å². The average molecular weight is 468 g/mol. The summed E-state index contributed by atoms with van der Waals surface area (Å²) in [7, 11) is -6.90. The molecule has 7 nitrogen and oxygen atoms in total. The zero-order chi connectivity index (χ0) is 23.7. The van der Waals surface area contributed by atoms with Crippen LogP contribution in [0, 0.1) is 0 Å². The number of hydrogen-bond donors (Lipinski definition) is 0. The Bertz CT molecular complexity index is 370. The fourth-order valence-electron chi connectivity index (χ4n) is 3.00. The van der Waals surface area contributed by atoms with Gasteiger partial charge >= 0.3 is 17.9 Å². The second-order valence-electron chi connectivity index (χ2n) is 9.20. The van der Waals surface area contributed by atoms with Gasteiger partial charge in [0.15, 0.2) is 0 Å². The molecule has 0 atom stereocenters. The van der Waals surface area contributed by atoms with Crippen LogP contribution < -0.4 is 0 Å². The van der Waals surface area contributed by atoms with E-state index in [-0.39, 0.29) is 36.6 Å². The predicted molar refractivity (Wildman–Crippen MR) is 126 cm³/mol. The van der Waals surface area contributed by atoms with Gasteiger partial charge in [0.25, 0.3) is 0 Å². The highest BCUT2D eigenvalue weighted by molar-refractivity contribution is 6.75. The lowest BCUT2D eigenvalue weighted by Gasteiger charge is -2.48. The average Bonchev–Trinajstić information content (AvgIpc) is 2.47. The van der Waals surface area contributed by atoms with Gasteiger partial charge in [-0.05, 0) is 96.1 Å². The van der Waals surface area contributed by atoms with E-state index in [1.807, 2.05) is 83.1 Å². The Balaban J connectivity index is 6.86. The van der Waals surface area contributed by atoms with Gasteiger partial charge in [0.05, 0.1) is 0 Å². The summed E-state index contributed by atoms with van der Waals surface area (Å²) in [5.41, 5.74) is 0. The second-order valence-corrected chi connectivity index (χ2v) is 14.2. The van der Waals surface area contributed by atoms with Crippen molar-refractivity contribution in [1.29, 1.82) is 0 Å². The van der Waals surface area contributed by atoms with Crippen LogP contribution in [0.3, 0.4) is 0 Å². The van der Waals surface area contributed by atoms with Gasteiger partial charge in [-0.25, -0.2) is 4.23 Å². The summed E-state index contributed by atoms with van der Waals surface area (Å²) in [6, 6.07) is 0. The van der Waals surface area contributed by atoms with Crippen molar-refractivity contribution < 1.29 is 26.6 Å². The van der Waals surface area contributed by atoms with E-state index in [9.17, 15) is 0 Å². The molecule has 0 heterocycles. The predicted octanol–water partition coefficient (Wildman–Crippen LogP) is 5.12. The summed E-state index contributed by atoms with van der Waals surface area (Å²) in [6.07, 6.45) is 0.248. The first-order valence-corrected chi connectivity index (χ1v) is 14.9. The van der Waals surface area contributed by atoms with Crippen molar-refractivity contribution >= 4 is 17.9 Å². The van der Waals surface area contributed by atoms with E-state index in [2.05, 4.69) is 11.2 Å². The van der Waals surface area contributed by atoms with Crippen LogP contribution in [0.25, 0.3) is 0 Å². The van der Waals surface area contributed by atoms with E-state index in [1.54, 1.807) is 0 Å². The van der Waals surface area contributed by atoms with Crippen LogP contribution in [0.2, 0.25) is 0 Å². The maximum absolute atomic E-state index is 6.54. The minimum absolute atomic E-state index is 0.0997. The van der Waals surface area contributed by atoms with Crippen LogP contribution in [-0.4, -0.2) is 65.3 Å². The zero-order valence-corrected chi connectivity index (χ0v) is 23.8. The molecule has 0 radical (unpaired) electrons. The van der Waals surface area contributed by atoms with Crippen molar-refractivity contribution in [3.63, 3.8) is 0 Å². The molecule has 0 aromatic carbocycles. The van der Waals surface area contributed by atoms with E-state index in [4.69, 9.17) is 26.6 Å². The van der Waals surface area contributed by atoms with Crippen LogP contribution in [0.1, 0.15) is 96.4 Å². The summed E-state index contributed by atoms with van der Waals surface area (Å²) < 4.78 is 41.3. The Morgan fingerprint density at radius 1 is 0.467 bits per heavy atom. The smallest absolute Gasteiger partial charge is 0.359 e. The third kappa shape index (κ3) is 10.2. The summed E-state index contributed by atoms with van der Waals surface area (Å²) >= 11 is 0. The molecule has 0 aliphatic carbocycles. The summed E-state index contributed by atoms with van der Waals surface area (Å²) in [4.78, 5) is 0. The maximum Gasteiger partial charge on any atom is 0.598 e. The first-order valence-electron chi connectivity index (χ1n) is 11.5. The van der Waals surface area contributed by atoms with Gasteiger partial charge in [-0.1, -0.05) is 6.92 Å². The molecule has 0 fully saturated rings. The lowest BCUT2D eigenvalue weighted by molar-refractivity contribution is -0.0724. The topological polar surface area (TPSA) is 58.6 Å². The molecule has 9 heteroatoms. The highest BCUT2D eigenvalue weighted by Gasteiger charge is 2.66. The van der Waals surface area contributed by atoms with Gasteiger partial charge in [0.2, 0.25) is 0 Å². The van der Waals surface area contributed by atoms with Crippen LogP contribution >= 0.6 is 0 Å². The summed E-state index contributed by atoms with van der Waals surface area (Å²) in [5, 5.41) is 0. The molecule has 0 rings (SSSR count). The first-order chi connectivity index (χ1) is 13.7. The Morgan fingerprint density at radius 2 is 0.667 bits per heavy atom. The van der Waals surface area contributed by atoms with E-state index in [0.717, 1.165) is 6.42 Å². The Morgan fingerprint density at radius 3 is 0.800 bits per heavy atom. The highest BCUT2D eigenvalue weighted by Crippen LogP contribution is 2.32. The molecule has 0 saturated carbocycles. The van der Waals surface area contributed by atoms with Crippen LogP contribution in [-0.2, 0) is 26.6 Å². The molecule has 0 aromatic rings. The number of nitrogens with zero attached hydrogens (tertiary/aromatic N) is 1. The fourth-order valence-corrected chi connectivity index (χ4v) is 11.0. The van der Waals surface area contributed by atoms with Crippen molar-refractivity contribution in [2.75, 3.05) is 6.54 Å². The second kappa shape index (κ2) is 13.6. The first kappa shape index (κ1) is 30.2. The van der Waals surface area contributed by atoms with Crippen LogP contribution in [0.4, 0.5) is 0 Å². The molecule has 30 heavy (non-hydrogen) atoms. The Labute approximate surface area is 188 Å². The monoisotopic (exact) mass is 467 g/mol. The van der Waals surface area contributed by atoms with Crippen molar-refractivity contribution in [2.24, 2.45) is 0 Å². The van der Waals surface area contributed by atoms with E-state index >= 15 is 0 Å². The number of rotatable bonds is 16. The Hall–Kier alpha value is 0.154. The van der Waals surface area contributed by atoms with Gasteiger partial charge in [0, 0.05) is 36.6 Å². The normalized spacial score (nSPS) is 14.0. The third-order valence-corrected chi connectivity index (χ3v) is 11.4. The molecule has 0 spiro atoms. The quantitative estimate of drug-likeness (QED) is 0.292. The lowest BCUT2D eigenvalue weighted by Crippen LogP contribution is -2.77. The SMILES string of the molecule is CCCN([Si](OC(C)C)(OC(C)C)OC(C)C)[Si](OC(C)C)(OC(C)C)OC(C)C. The zero-order valence-electron chi connectivity index (χ0n) is 21.8. The fraction of sp³-hybridized carbons (Fsp3) is 1.00. The maximum atomic E-state index is 6.54. The highest BCUT2D eigenvalue weighted by atomic mass is 28.5. The summed E-state index contributed by atoms with van der Waals surface area (Å²) in [5.74, 6) is 0.